The minimum absolute atomic E-state index is 0.272. The van der Waals surface area contributed by atoms with Crippen LogP contribution in [0.1, 0.15) is 57.7 Å². The largest absolute Gasteiger partial charge is 0.322 e. The Hall–Kier alpha value is -1.00. The Labute approximate surface area is 127 Å². The molecule has 0 aromatic heterocycles. The second-order valence-corrected chi connectivity index (χ2v) is 5.56. The van der Waals surface area contributed by atoms with Crippen LogP contribution in [0.4, 0.5) is 8.78 Å². The van der Waals surface area contributed by atoms with E-state index in [0.29, 0.717) is 5.56 Å². The van der Waals surface area contributed by atoms with Gasteiger partial charge in [0.05, 0.1) is 6.04 Å². The molecule has 4 heteroatoms. The van der Waals surface area contributed by atoms with Crippen LogP contribution in [0.5, 0.6) is 0 Å². The number of aryl methyl sites for hydroxylation is 1. The van der Waals surface area contributed by atoms with Crippen LogP contribution in [-0.4, -0.2) is 23.5 Å². The average molecular weight is 298 g/mol. The van der Waals surface area contributed by atoms with Crippen molar-refractivity contribution in [1.29, 1.82) is 0 Å². The molecule has 0 radical (unpaired) electrons. The van der Waals surface area contributed by atoms with Crippen molar-refractivity contribution in [2.24, 2.45) is 5.73 Å². The van der Waals surface area contributed by atoms with E-state index in [-0.39, 0.29) is 11.1 Å². The molecule has 0 aliphatic carbocycles. The molecule has 21 heavy (non-hydrogen) atoms. The third-order valence-corrected chi connectivity index (χ3v) is 4.84. The van der Waals surface area contributed by atoms with Gasteiger partial charge in [-0.25, -0.2) is 8.78 Å². The Kier molecular flexibility index (Phi) is 6.29. The minimum Gasteiger partial charge on any atom is -0.322 e. The summed E-state index contributed by atoms with van der Waals surface area (Å²) in [5, 5.41) is 0. The summed E-state index contributed by atoms with van der Waals surface area (Å²) < 4.78 is 28.2. The first-order valence-electron chi connectivity index (χ1n) is 7.84. The number of hydrogen-bond acceptors (Lipinski definition) is 2. The molecule has 1 unspecified atom stereocenters. The first-order chi connectivity index (χ1) is 9.89. The molecule has 120 valence electrons. The summed E-state index contributed by atoms with van der Waals surface area (Å²) >= 11 is 0. The van der Waals surface area contributed by atoms with E-state index in [0.717, 1.165) is 25.9 Å². The van der Waals surface area contributed by atoms with E-state index in [9.17, 15) is 8.78 Å². The van der Waals surface area contributed by atoms with Crippen molar-refractivity contribution in [2.75, 3.05) is 13.1 Å². The van der Waals surface area contributed by atoms with Crippen molar-refractivity contribution in [3.8, 4) is 0 Å². The lowest BCUT2D eigenvalue weighted by Crippen LogP contribution is -2.55. The van der Waals surface area contributed by atoms with Gasteiger partial charge in [-0.3, -0.25) is 4.90 Å². The summed E-state index contributed by atoms with van der Waals surface area (Å²) in [6, 6.07) is 2.68. The topological polar surface area (TPSA) is 29.3 Å². The monoisotopic (exact) mass is 298 g/mol. The summed E-state index contributed by atoms with van der Waals surface area (Å²) in [6.45, 7) is 11.5. The van der Waals surface area contributed by atoms with Gasteiger partial charge in [-0.1, -0.05) is 39.8 Å². The summed E-state index contributed by atoms with van der Waals surface area (Å²) in [6.07, 6.45) is 1.59. The van der Waals surface area contributed by atoms with Crippen molar-refractivity contribution >= 4 is 0 Å². The molecule has 0 aliphatic heterocycles. The fourth-order valence-electron chi connectivity index (χ4n) is 3.38. The lowest BCUT2D eigenvalue weighted by atomic mass is 9.79. The highest BCUT2D eigenvalue weighted by Crippen LogP contribution is 2.37. The van der Waals surface area contributed by atoms with Crippen LogP contribution in [0.25, 0.3) is 0 Å². The van der Waals surface area contributed by atoms with Crippen molar-refractivity contribution < 1.29 is 8.78 Å². The summed E-state index contributed by atoms with van der Waals surface area (Å²) in [4.78, 5) is 2.26. The highest BCUT2D eigenvalue weighted by molar-refractivity contribution is 5.30. The van der Waals surface area contributed by atoms with E-state index in [1.807, 2.05) is 0 Å². The Morgan fingerprint density at radius 3 is 2.00 bits per heavy atom. The molecule has 0 saturated carbocycles. The highest BCUT2D eigenvalue weighted by Gasteiger charge is 2.40. The van der Waals surface area contributed by atoms with Gasteiger partial charge in [-0.15, -0.1) is 0 Å². The minimum atomic E-state index is -0.805. The Balaban J connectivity index is 3.36. The molecule has 1 atom stereocenters. The predicted octanol–water partition coefficient (Wildman–Crippen LogP) is 4.17. The van der Waals surface area contributed by atoms with E-state index in [4.69, 9.17) is 5.73 Å². The van der Waals surface area contributed by atoms with E-state index < -0.39 is 17.7 Å². The second kappa shape index (κ2) is 7.32. The number of likely N-dealkylation sites (N-methyl/N-ethyl adjacent to an activating group) is 1. The van der Waals surface area contributed by atoms with Gasteiger partial charge in [0.15, 0.2) is 11.6 Å². The lowest BCUT2D eigenvalue weighted by Gasteiger charge is -2.46. The van der Waals surface area contributed by atoms with Crippen LogP contribution in [-0.2, 0) is 0 Å². The van der Waals surface area contributed by atoms with Crippen molar-refractivity contribution in [1.82, 2.24) is 4.90 Å². The number of benzene rings is 1. The number of nitrogens with zero attached hydrogens (tertiary/aromatic N) is 1. The molecule has 1 rings (SSSR count). The van der Waals surface area contributed by atoms with Gasteiger partial charge in [-0.05, 0) is 38.4 Å². The van der Waals surface area contributed by atoms with Gasteiger partial charge in [0, 0.05) is 11.1 Å². The predicted molar refractivity (Wildman–Crippen MR) is 84.3 cm³/mol. The number of nitrogens with two attached hydrogens (primary N) is 1. The molecular formula is C17H28F2N2. The van der Waals surface area contributed by atoms with Crippen LogP contribution in [0.2, 0.25) is 0 Å². The van der Waals surface area contributed by atoms with Crippen LogP contribution in [0.3, 0.4) is 0 Å². The van der Waals surface area contributed by atoms with E-state index in [1.54, 1.807) is 19.1 Å². The molecule has 2 N–H and O–H groups in total. The van der Waals surface area contributed by atoms with Gasteiger partial charge in [0.25, 0.3) is 0 Å². The molecule has 1 aromatic rings. The van der Waals surface area contributed by atoms with E-state index in [2.05, 4.69) is 32.6 Å². The Morgan fingerprint density at radius 1 is 1.05 bits per heavy atom. The van der Waals surface area contributed by atoms with Crippen LogP contribution < -0.4 is 5.73 Å². The molecule has 0 bridgehead atoms. The fourth-order valence-corrected chi connectivity index (χ4v) is 3.38. The Bertz CT molecular complexity index is 466. The van der Waals surface area contributed by atoms with Gasteiger partial charge in [0.2, 0.25) is 0 Å². The maximum Gasteiger partial charge on any atom is 0.163 e. The quantitative estimate of drug-likeness (QED) is 0.818. The van der Waals surface area contributed by atoms with Crippen LogP contribution in [0, 0.1) is 18.6 Å². The van der Waals surface area contributed by atoms with Gasteiger partial charge in [-0.2, -0.15) is 0 Å². The van der Waals surface area contributed by atoms with Crippen LogP contribution >= 0.6 is 0 Å². The molecule has 0 aliphatic rings. The standard InChI is InChI=1S/C17H28F2N2/c1-6-17(7-2,21(8-3)9-4)16(20)13-11-10-12(5)14(18)15(13)19/h10-11,16H,6-9,20H2,1-5H3. The molecular weight excluding hydrogens is 270 g/mol. The number of hydrogen-bond donors (Lipinski definition) is 1. The fraction of sp³-hybridized carbons (Fsp3) is 0.647. The van der Waals surface area contributed by atoms with Gasteiger partial charge in [0.1, 0.15) is 0 Å². The van der Waals surface area contributed by atoms with Crippen molar-refractivity contribution in [2.45, 2.75) is 59.0 Å². The molecule has 1 aromatic carbocycles. The average Bonchev–Trinajstić information content (AvgIpc) is 2.50. The lowest BCUT2D eigenvalue weighted by molar-refractivity contribution is 0.0611. The first-order valence-corrected chi connectivity index (χ1v) is 7.84. The van der Waals surface area contributed by atoms with Gasteiger partial charge < -0.3 is 5.73 Å². The third-order valence-electron chi connectivity index (χ3n) is 4.84. The summed E-state index contributed by atoms with van der Waals surface area (Å²) in [7, 11) is 0. The maximum atomic E-state index is 14.3. The first kappa shape index (κ1) is 18.1. The molecule has 0 fully saturated rings. The van der Waals surface area contributed by atoms with Crippen LogP contribution in [0.15, 0.2) is 12.1 Å². The third kappa shape index (κ3) is 3.11. The summed E-state index contributed by atoms with van der Waals surface area (Å²) in [5.41, 5.74) is 6.65. The zero-order valence-electron chi connectivity index (χ0n) is 13.8. The zero-order chi connectivity index (χ0) is 16.2. The molecule has 2 nitrogen and oxygen atoms in total. The molecule has 0 spiro atoms. The van der Waals surface area contributed by atoms with Gasteiger partial charge >= 0.3 is 0 Å². The highest BCUT2D eigenvalue weighted by atomic mass is 19.2. The Morgan fingerprint density at radius 2 is 1.57 bits per heavy atom. The SMILES string of the molecule is CCN(CC)C(CC)(CC)C(N)c1ccc(C)c(F)c1F. The normalized spacial score (nSPS) is 13.8. The van der Waals surface area contributed by atoms with E-state index >= 15 is 0 Å². The maximum absolute atomic E-state index is 14.3. The summed E-state index contributed by atoms with van der Waals surface area (Å²) in [5.74, 6) is -1.59. The van der Waals surface area contributed by atoms with E-state index in [1.165, 1.54) is 0 Å². The molecule has 0 saturated heterocycles. The second-order valence-electron chi connectivity index (χ2n) is 5.56. The van der Waals surface area contributed by atoms with Crippen molar-refractivity contribution in [3.63, 3.8) is 0 Å². The molecule has 0 amide bonds. The smallest absolute Gasteiger partial charge is 0.163 e. The number of halogens is 2. The molecule has 0 heterocycles. The zero-order valence-corrected chi connectivity index (χ0v) is 13.8. The number of rotatable bonds is 7. The van der Waals surface area contributed by atoms with Crippen molar-refractivity contribution in [3.05, 3.63) is 34.9 Å².